The molecule has 6 heteroatoms. The molecule has 98 valence electrons. The van der Waals surface area contributed by atoms with Gasteiger partial charge in [0.2, 0.25) is 5.43 Å². The maximum Gasteiger partial charge on any atom is 0.210 e. The van der Waals surface area contributed by atoms with Crippen molar-refractivity contribution in [3.05, 3.63) is 56.5 Å². The van der Waals surface area contributed by atoms with Gasteiger partial charge in [0.1, 0.15) is 4.99 Å². The number of aromatic nitrogens is 2. The molecule has 0 unspecified atom stereocenters. The molecule has 19 heavy (non-hydrogen) atoms. The highest BCUT2D eigenvalue weighted by Gasteiger charge is 2.11. The van der Waals surface area contributed by atoms with Crippen LogP contribution in [0.5, 0.6) is 0 Å². The summed E-state index contributed by atoms with van der Waals surface area (Å²) in [5.41, 5.74) is 7.81. The number of aryl methyl sites for hydroxylation is 2. The number of thiocarbonyl (C=S) groups is 1. The fourth-order valence-corrected chi connectivity index (χ4v) is 2.19. The third kappa shape index (κ3) is 2.67. The van der Waals surface area contributed by atoms with Crippen molar-refractivity contribution in [2.45, 2.75) is 13.8 Å². The standard InChI is InChI=1S/C13H12ClN3OS/c1-7-5-9(14)3-4-10(7)17-8(2)6-11(18)12(16-17)13(15)19/h3-6H,1-2H3,(H2,15,19). The first-order valence-corrected chi connectivity index (χ1v) is 6.36. The van der Waals surface area contributed by atoms with E-state index in [0.29, 0.717) is 10.7 Å². The quantitative estimate of drug-likeness (QED) is 0.862. The van der Waals surface area contributed by atoms with Gasteiger partial charge in [-0.3, -0.25) is 4.79 Å². The minimum atomic E-state index is -0.270. The number of hydrogen-bond donors (Lipinski definition) is 1. The van der Waals surface area contributed by atoms with Gasteiger partial charge in [0.15, 0.2) is 5.69 Å². The molecule has 0 atom stereocenters. The summed E-state index contributed by atoms with van der Waals surface area (Å²) in [5, 5.41) is 4.87. The molecule has 0 saturated heterocycles. The van der Waals surface area contributed by atoms with Gasteiger partial charge in [-0.05, 0) is 37.6 Å². The highest BCUT2D eigenvalue weighted by atomic mass is 35.5. The van der Waals surface area contributed by atoms with E-state index in [4.69, 9.17) is 29.6 Å². The van der Waals surface area contributed by atoms with E-state index in [2.05, 4.69) is 5.10 Å². The first kappa shape index (κ1) is 13.7. The molecular formula is C13H12ClN3OS. The van der Waals surface area contributed by atoms with Gasteiger partial charge in [-0.15, -0.1) is 0 Å². The first-order chi connectivity index (χ1) is 8.90. The minimum Gasteiger partial charge on any atom is -0.388 e. The Kier molecular flexibility index (Phi) is 3.68. The summed E-state index contributed by atoms with van der Waals surface area (Å²) in [5.74, 6) is 0. The van der Waals surface area contributed by atoms with E-state index >= 15 is 0 Å². The normalized spacial score (nSPS) is 10.5. The zero-order valence-electron chi connectivity index (χ0n) is 10.5. The summed E-state index contributed by atoms with van der Waals surface area (Å²) in [4.78, 5) is 11.7. The van der Waals surface area contributed by atoms with Crippen LogP contribution in [-0.4, -0.2) is 14.8 Å². The van der Waals surface area contributed by atoms with Gasteiger partial charge in [-0.2, -0.15) is 5.10 Å². The van der Waals surface area contributed by atoms with Gasteiger partial charge in [-0.25, -0.2) is 4.68 Å². The van der Waals surface area contributed by atoms with Crippen molar-refractivity contribution in [1.29, 1.82) is 0 Å². The van der Waals surface area contributed by atoms with Crippen molar-refractivity contribution < 1.29 is 0 Å². The number of benzene rings is 1. The molecule has 2 aromatic rings. The topological polar surface area (TPSA) is 60.9 Å². The fourth-order valence-electron chi connectivity index (χ4n) is 1.82. The molecule has 0 radical (unpaired) electrons. The molecule has 1 heterocycles. The van der Waals surface area contributed by atoms with Crippen LogP contribution in [-0.2, 0) is 0 Å². The molecule has 4 nitrogen and oxygen atoms in total. The molecule has 0 saturated carbocycles. The molecule has 1 aromatic carbocycles. The Labute approximate surface area is 120 Å². The zero-order chi connectivity index (χ0) is 14.2. The highest BCUT2D eigenvalue weighted by molar-refractivity contribution is 7.80. The second-order valence-electron chi connectivity index (χ2n) is 4.21. The van der Waals surface area contributed by atoms with Crippen LogP contribution in [0, 0.1) is 13.8 Å². The summed E-state index contributed by atoms with van der Waals surface area (Å²) in [7, 11) is 0. The first-order valence-electron chi connectivity index (χ1n) is 5.57. The molecule has 0 aliphatic carbocycles. The lowest BCUT2D eigenvalue weighted by Crippen LogP contribution is -2.26. The minimum absolute atomic E-state index is 0.00892. The van der Waals surface area contributed by atoms with Gasteiger partial charge < -0.3 is 5.73 Å². The lowest BCUT2D eigenvalue weighted by Gasteiger charge is -2.13. The van der Waals surface area contributed by atoms with Gasteiger partial charge in [-0.1, -0.05) is 23.8 Å². The van der Waals surface area contributed by atoms with Crippen LogP contribution in [0.15, 0.2) is 29.1 Å². The number of nitrogens with zero attached hydrogens (tertiary/aromatic N) is 2. The van der Waals surface area contributed by atoms with Crippen molar-refractivity contribution >= 4 is 28.8 Å². The Bertz CT molecular complexity index is 724. The van der Waals surface area contributed by atoms with Crippen LogP contribution in [0.3, 0.4) is 0 Å². The lowest BCUT2D eigenvalue weighted by molar-refractivity contribution is 0.789. The molecule has 1 aromatic heterocycles. The van der Waals surface area contributed by atoms with E-state index in [1.807, 2.05) is 19.1 Å². The van der Waals surface area contributed by atoms with E-state index in [1.165, 1.54) is 6.07 Å². The Morgan fingerprint density at radius 1 is 1.37 bits per heavy atom. The molecule has 0 amide bonds. The SMILES string of the molecule is Cc1cc(Cl)ccc1-n1nc(C(N)=S)c(=O)cc1C. The average molecular weight is 294 g/mol. The molecule has 0 aliphatic heterocycles. The Morgan fingerprint density at radius 3 is 2.63 bits per heavy atom. The summed E-state index contributed by atoms with van der Waals surface area (Å²) >= 11 is 10.8. The van der Waals surface area contributed by atoms with E-state index < -0.39 is 0 Å². The van der Waals surface area contributed by atoms with Crippen LogP contribution in [0.1, 0.15) is 17.0 Å². The monoisotopic (exact) mass is 293 g/mol. The molecule has 0 aliphatic rings. The lowest BCUT2D eigenvalue weighted by atomic mass is 10.2. The van der Waals surface area contributed by atoms with Crippen molar-refractivity contribution in [3.63, 3.8) is 0 Å². The summed E-state index contributed by atoms with van der Waals surface area (Å²) < 4.78 is 1.64. The molecular weight excluding hydrogens is 282 g/mol. The van der Waals surface area contributed by atoms with Crippen LogP contribution in [0.25, 0.3) is 5.69 Å². The smallest absolute Gasteiger partial charge is 0.210 e. The van der Waals surface area contributed by atoms with E-state index in [0.717, 1.165) is 11.3 Å². The van der Waals surface area contributed by atoms with Gasteiger partial charge in [0.05, 0.1) is 5.69 Å². The number of nitrogens with two attached hydrogens (primary N) is 1. The second kappa shape index (κ2) is 5.11. The van der Waals surface area contributed by atoms with Gasteiger partial charge in [0.25, 0.3) is 0 Å². The largest absolute Gasteiger partial charge is 0.388 e. The van der Waals surface area contributed by atoms with Crippen molar-refractivity contribution in [3.8, 4) is 5.69 Å². The van der Waals surface area contributed by atoms with Crippen molar-refractivity contribution in [2.75, 3.05) is 0 Å². The molecule has 0 spiro atoms. The maximum atomic E-state index is 11.7. The zero-order valence-corrected chi connectivity index (χ0v) is 12.0. The van der Waals surface area contributed by atoms with Crippen LogP contribution in [0.2, 0.25) is 5.02 Å². The number of hydrogen-bond acceptors (Lipinski definition) is 3. The van der Waals surface area contributed by atoms with Crippen LogP contribution >= 0.6 is 23.8 Å². The van der Waals surface area contributed by atoms with E-state index in [-0.39, 0.29) is 16.1 Å². The number of rotatable bonds is 2. The van der Waals surface area contributed by atoms with Crippen molar-refractivity contribution in [2.24, 2.45) is 5.73 Å². The molecule has 2 rings (SSSR count). The summed E-state index contributed by atoms with van der Waals surface area (Å²) in [6.07, 6.45) is 0. The predicted octanol–water partition coefficient (Wildman–Crippen LogP) is 2.14. The number of halogens is 1. The van der Waals surface area contributed by atoms with Crippen LogP contribution < -0.4 is 11.2 Å². The highest BCUT2D eigenvalue weighted by Crippen LogP contribution is 2.19. The Balaban J connectivity index is 2.71. The average Bonchev–Trinajstić information content (AvgIpc) is 2.30. The summed E-state index contributed by atoms with van der Waals surface area (Å²) in [6, 6.07) is 6.90. The van der Waals surface area contributed by atoms with Gasteiger partial charge in [0, 0.05) is 16.8 Å². The van der Waals surface area contributed by atoms with E-state index in [9.17, 15) is 4.79 Å². The summed E-state index contributed by atoms with van der Waals surface area (Å²) in [6.45, 7) is 3.71. The van der Waals surface area contributed by atoms with Gasteiger partial charge >= 0.3 is 0 Å². The third-order valence-corrected chi connectivity index (χ3v) is 3.16. The fraction of sp³-hybridized carbons (Fsp3) is 0.154. The third-order valence-electron chi connectivity index (χ3n) is 2.73. The van der Waals surface area contributed by atoms with Crippen molar-refractivity contribution in [1.82, 2.24) is 9.78 Å². The Hall–Kier alpha value is -1.72. The molecule has 2 N–H and O–H groups in total. The molecule has 0 bridgehead atoms. The maximum absolute atomic E-state index is 11.7. The second-order valence-corrected chi connectivity index (χ2v) is 5.08. The Morgan fingerprint density at radius 2 is 2.05 bits per heavy atom. The predicted molar refractivity (Wildman–Crippen MR) is 80.2 cm³/mol. The van der Waals surface area contributed by atoms with E-state index in [1.54, 1.807) is 17.7 Å². The molecule has 0 fully saturated rings. The van der Waals surface area contributed by atoms with Crippen LogP contribution in [0.4, 0.5) is 0 Å².